The van der Waals surface area contributed by atoms with Gasteiger partial charge >= 0.3 is 5.97 Å². The van der Waals surface area contributed by atoms with Crippen molar-refractivity contribution in [3.05, 3.63) is 59.7 Å². The van der Waals surface area contributed by atoms with E-state index < -0.39 is 17.6 Å². The molecular weight excluding hydrogens is 276 g/mol. The fourth-order valence-corrected chi connectivity index (χ4v) is 2.45. The summed E-state index contributed by atoms with van der Waals surface area (Å²) in [5, 5.41) is 9.56. The van der Waals surface area contributed by atoms with Crippen LogP contribution in [0.4, 0.5) is 8.78 Å². The highest BCUT2D eigenvalue weighted by molar-refractivity contribution is 5.93. The Labute approximate surface area is 118 Å². The fourth-order valence-electron chi connectivity index (χ4n) is 2.45. The van der Waals surface area contributed by atoms with Crippen molar-refractivity contribution in [1.82, 2.24) is 4.98 Å². The van der Waals surface area contributed by atoms with Gasteiger partial charge in [-0.3, -0.25) is 4.79 Å². The normalized spacial score (nSPS) is 11.0. The highest BCUT2D eigenvalue weighted by atomic mass is 19.1. The lowest BCUT2D eigenvalue weighted by molar-refractivity contribution is -0.136. The van der Waals surface area contributed by atoms with E-state index in [4.69, 9.17) is 5.11 Å². The molecule has 0 saturated carbocycles. The molecule has 0 radical (unpaired) electrons. The van der Waals surface area contributed by atoms with Crippen molar-refractivity contribution in [3.63, 3.8) is 0 Å². The number of hydrogen-bond donors (Lipinski definition) is 2. The Morgan fingerprint density at radius 1 is 1.10 bits per heavy atom. The predicted octanol–water partition coefficient (Wildman–Crippen LogP) is 3.74. The van der Waals surface area contributed by atoms with Gasteiger partial charge in [0.2, 0.25) is 0 Å². The third-order valence-electron chi connectivity index (χ3n) is 3.31. The summed E-state index contributed by atoms with van der Waals surface area (Å²) in [5.74, 6) is -1.89. The van der Waals surface area contributed by atoms with Gasteiger partial charge in [-0.1, -0.05) is 12.1 Å². The lowest BCUT2D eigenvalue weighted by atomic mass is 10.0. The molecule has 3 rings (SSSR count). The summed E-state index contributed by atoms with van der Waals surface area (Å²) in [7, 11) is 0. The maximum Gasteiger partial charge on any atom is 0.307 e. The Kier molecular flexibility index (Phi) is 3.17. The minimum Gasteiger partial charge on any atom is -0.481 e. The Morgan fingerprint density at radius 3 is 2.57 bits per heavy atom. The zero-order valence-electron chi connectivity index (χ0n) is 10.9. The van der Waals surface area contributed by atoms with Gasteiger partial charge < -0.3 is 10.1 Å². The number of carboxylic acid groups (broad SMARTS) is 1. The highest BCUT2D eigenvalue weighted by Crippen LogP contribution is 2.31. The standard InChI is InChI=1S/C16H11F2NO2/c17-10-3-1-2-9(6-10)16-13(8-15(20)21)12-7-11(18)4-5-14(12)19-16/h1-7,19H,8H2,(H,20,21). The number of aromatic nitrogens is 1. The first-order valence-corrected chi connectivity index (χ1v) is 6.32. The molecule has 2 N–H and O–H groups in total. The Morgan fingerprint density at radius 2 is 1.86 bits per heavy atom. The second kappa shape index (κ2) is 5.01. The van der Waals surface area contributed by atoms with Crippen LogP contribution in [0.15, 0.2) is 42.5 Å². The zero-order valence-corrected chi connectivity index (χ0v) is 10.9. The molecule has 5 heteroatoms. The third-order valence-corrected chi connectivity index (χ3v) is 3.31. The fraction of sp³-hybridized carbons (Fsp3) is 0.0625. The summed E-state index contributed by atoms with van der Waals surface area (Å²) >= 11 is 0. The molecule has 0 atom stereocenters. The number of hydrogen-bond acceptors (Lipinski definition) is 1. The van der Waals surface area contributed by atoms with E-state index in [1.165, 1.54) is 24.3 Å². The topological polar surface area (TPSA) is 53.1 Å². The van der Waals surface area contributed by atoms with Gasteiger partial charge in [0.25, 0.3) is 0 Å². The van der Waals surface area contributed by atoms with E-state index in [9.17, 15) is 13.6 Å². The zero-order chi connectivity index (χ0) is 15.0. The van der Waals surface area contributed by atoms with Crippen LogP contribution in [0.25, 0.3) is 22.2 Å². The van der Waals surface area contributed by atoms with Crippen molar-refractivity contribution < 1.29 is 18.7 Å². The van der Waals surface area contributed by atoms with Gasteiger partial charge in [-0.25, -0.2) is 8.78 Å². The lowest BCUT2D eigenvalue weighted by Crippen LogP contribution is -2.01. The van der Waals surface area contributed by atoms with Gasteiger partial charge in [0.1, 0.15) is 11.6 Å². The van der Waals surface area contributed by atoms with E-state index in [1.807, 2.05) is 0 Å². The van der Waals surface area contributed by atoms with Gasteiger partial charge in [0.15, 0.2) is 0 Å². The van der Waals surface area contributed by atoms with Crippen molar-refractivity contribution in [2.24, 2.45) is 0 Å². The minimum absolute atomic E-state index is 0.269. The number of nitrogens with one attached hydrogen (secondary N) is 1. The van der Waals surface area contributed by atoms with Crippen molar-refractivity contribution in [1.29, 1.82) is 0 Å². The number of benzene rings is 2. The summed E-state index contributed by atoms with van der Waals surface area (Å²) in [6.45, 7) is 0. The first-order chi connectivity index (χ1) is 10.0. The van der Waals surface area contributed by atoms with E-state index in [0.717, 1.165) is 0 Å². The van der Waals surface area contributed by atoms with Crippen LogP contribution < -0.4 is 0 Å². The lowest BCUT2D eigenvalue weighted by Gasteiger charge is -2.03. The van der Waals surface area contributed by atoms with Crippen LogP contribution in [0.5, 0.6) is 0 Å². The molecule has 0 saturated heterocycles. The van der Waals surface area contributed by atoms with E-state index >= 15 is 0 Å². The maximum absolute atomic E-state index is 13.4. The van der Waals surface area contributed by atoms with Crippen LogP contribution in [0, 0.1) is 11.6 Å². The molecule has 0 aliphatic carbocycles. The largest absolute Gasteiger partial charge is 0.481 e. The number of H-pyrrole nitrogens is 1. The van der Waals surface area contributed by atoms with Gasteiger partial charge in [-0.15, -0.1) is 0 Å². The molecule has 2 aromatic carbocycles. The number of aromatic amines is 1. The number of halogens is 2. The summed E-state index contributed by atoms with van der Waals surface area (Å²) in [6, 6.07) is 9.95. The molecule has 0 fully saturated rings. The average Bonchev–Trinajstić information content (AvgIpc) is 2.76. The molecule has 1 heterocycles. The first-order valence-electron chi connectivity index (χ1n) is 6.32. The van der Waals surface area contributed by atoms with Crippen LogP contribution in [-0.4, -0.2) is 16.1 Å². The Balaban J connectivity index is 2.28. The molecule has 3 aromatic rings. The molecule has 1 aromatic heterocycles. The number of fused-ring (bicyclic) bond motifs is 1. The summed E-state index contributed by atoms with van der Waals surface area (Å²) in [6.07, 6.45) is -0.269. The van der Waals surface area contributed by atoms with Crippen molar-refractivity contribution in [3.8, 4) is 11.3 Å². The van der Waals surface area contributed by atoms with Crippen LogP contribution in [0.3, 0.4) is 0 Å². The van der Waals surface area contributed by atoms with E-state index in [1.54, 1.807) is 18.2 Å². The molecule has 0 bridgehead atoms. The maximum atomic E-state index is 13.4. The predicted molar refractivity (Wildman–Crippen MR) is 75.0 cm³/mol. The molecule has 21 heavy (non-hydrogen) atoms. The number of carboxylic acids is 1. The van der Waals surface area contributed by atoms with E-state index in [2.05, 4.69) is 4.98 Å². The second-order valence-corrected chi connectivity index (χ2v) is 4.75. The molecule has 0 aliphatic rings. The molecule has 0 amide bonds. The average molecular weight is 287 g/mol. The van der Waals surface area contributed by atoms with Crippen molar-refractivity contribution in [2.75, 3.05) is 0 Å². The van der Waals surface area contributed by atoms with Crippen LogP contribution in [-0.2, 0) is 11.2 Å². The van der Waals surface area contributed by atoms with Gasteiger partial charge in [-0.05, 0) is 35.9 Å². The number of aliphatic carboxylic acids is 1. The molecule has 0 spiro atoms. The smallest absolute Gasteiger partial charge is 0.307 e. The molecule has 0 aliphatic heterocycles. The highest BCUT2D eigenvalue weighted by Gasteiger charge is 2.16. The van der Waals surface area contributed by atoms with E-state index in [-0.39, 0.29) is 6.42 Å². The van der Waals surface area contributed by atoms with E-state index in [0.29, 0.717) is 27.7 Å². The molecule has 3 nitrogen and oxygen atoms in total. The minimum atomic E-state index is -1.03. The monoisotopic (exact) mass is 287 g/mol. The second-order valence-electron chi connectivity index (χ2n) is 4.75. The first kappa shape index (κ1) is 13.3. The van der Waals surface area contributed by atoms with Crippen LogP contribution >= 0.6 is 0 Å². The van der Waals surface area contributed by atoms with Crippen molar-refractivity contribution in [2.45, 2.75) is 6.42 Å². The summed E-state index contributed by atoms with van der Waals surface area (Å²) in [4.78, 5) is 14.1. The quantitative estimate of drug-likeness (QED) is 0.771. The Hall–Kier alpha value is -2.69. The number of carbonyl (C=O) groups is 1. The third kappa shape index (κ3) is 2.50. The van der Waals surface area contributed by atoms with Gasteiger partial charge in [-0.2, -0.15) is 0 Å². The van der Waals surface area contributed by atoms with Gasteiger partial charge in [0, 0.05) is 16.5 Å². The van der Waals surface area contributed by atoms with Crippen LogP contribution in [0.2, 0.25) is 0 Å². The number of rotatable bonds is 3. The molecule has 106 valence electrons. The summed E-state index contributed by atoms with van der Waals surface area (Å²) < 4.78 is 26.8. The SMILES string of the molecule is O=C(O)Cc1c(-c2cccc(F)c2)[nH]c2ccc(F)cc12. The molecule has 0 unspecified atom stereocenters. The van der Waals surface area contributed by atoms with Crippen LogP contribution in [0.1, 0.15) is 5.56 Å². The Bertz CT molecular complexity index is 839. The van der Waals surface area contributed by atoms with Gasteiger partial charge in [0.05, 0.1) is 12.1 Å². The van der Waals surface area contributed by atoms with Crippen molar-refractivity contribution >= 4 is 16.9 Å². The summed E-state index contributed by atoms with van der Waals surface area (Å²) in [5.41, 5.74) is 2.09. The molecular formula is C16H11F2NO2.